The molecule has 1 atom stereocenters. The number of methoxy groups -OCH3 is 2. The van der Waals surface area contributed by atoms with Crippen LogP contribution < -0.4 is 9.47 Å². The molecule has 0 saturated heterocycles. The van der Waals surface area contributed by atoms with Crippen LogP contribution in [0.4, 0.5) is 0 Å². The van der Waals surface area contributed by atoms with Gasteiger partial charge in [0.2, 0.25) is 11.8 Å². The fourth-order valence-electron chi connectivity index (χ4n) is 4.16. The number of aryl methyl sites for hydroxylation is 2. The normalized spacial score (nSPS) is 12.1. The minimum Gasteiger partial charge on any atom is -0.480 e. The Hall–Kier alpha value is -4.34. The predicted octanol–water partition coefficient (Wildman–Crippen LogP) is 4.10. The van der Waals surface area contributed by atoms with Crippen molar-refractivity contribution in [1.82, 2.24) is 39.3 Å². The second-order valence-electron chi connectivity index (χ2n) is 8.12. The molecule has 4 aromatic heterocycles. The van der Waals surface area contributed by atoms with E-state index in [1.165, 1.54) is 20.5 Å². The summed E-state index contributed by atoms with van der Waals surface area (Å²) in [4.78, 5) is 22.3. The fourth-order valence-corrected chi connectivity index (χ4v) is 4.16. The standard InChI is InChI=1S/C25H26N8O2/c1-6-32-13-15(2)30-22(32)18-9-7-17(8-10-18)16(3)33-23-19(12-29-33)11-26-21(31-23)20-24(34-4)27-14-28-25(20)35-5/h7-14,16H,6H2,1-5H3/t16-/m1/s1. The molecule has 0 radical (unpaired) electrons. The number of benzene rings is 1. The van der Waals surface area contributed by atoms with Crippen molar-refractivity contribution in [3.05, 3.63) is 60.4 Å². The van der Waals surface area contributed by atoms with Crippen LogP contribution in [-0.2, 0) is 6.54 Å². The van der Waals surface area contributed by atoms with Crippen LogP contribution in [0, 0.1) is 6.92 Å². The van der Waals surface area contributed by atoms with E-state index in [0.717, 1.165) is 34.6 Å². The first-order valence-corrected chi connectivity index (χ1v) is 11.3. The Bertz CT molecular complexity index is 1470. The molecule has 0 N–H and O–H groups in total. The first-order valence-electron chi connectivity index (χ1n) is 11.3. The lowest BCUT2D eigenvalue weighted by Gasteiger charge is -2.15. The summed E-state index contributed by atoms with van der Waals surface area (Å²) < 4.78 is 14.9. The van der Waals surface area contributed by atoms with E-state index < -0.39 is 0 Å². The van der Waals surface area contributed by atoms with Crippen molar-refractivity contribution in [3.63, 3.8) is 0 Å². The predicted molar refractivity (Wildman–Crippen MR) is 131 cm³/mol. The Morgan fingerprint density at radius 1 is 0.943 bits per heavy atom. The molecule has 0 amide bonds. The molecule has 0 aliphatic rings. The number of hydrogen-bond acceptors (Lipinski definition) is 8. The van der Waals surface area contributed by atoms with Gasteiger partial charge >= 0.3 is 0 Å². The molecule has 35 heavy (non-hydrogen) atoms. The summed E-state index contributed by atoms with van der Waals surface area (Å²) in [6.45, 7) is 7.09. The second-order valence-corrected chi connectivity index (χ2v) is 8.12. The summed E-state index contributed by atoms with van der Waals surface area (Å²) in [6, 6.07) is 8.35. The highest BCUT2D eigenvalue weighted by Crippen LogP contribution is 2.34. The minimum atomic E-state index is -0.0622. The van der Waals surface area contributed by atoms with Gasteiger partial charge in [-0.2, -0.15) is 5.10 Å². The van der Waals surface area contributed by atoms with Crippen molar-refractivity contribution in [1.29, 1.82) is 0 Å². The summed E-state index contributed by atoms with van der Waals surface area (Å²) in [7, 11) is 3.07. The summed E-state index contributed by atoms with van der Waals surface area (Å²) in [5, 5.41) is 5.43. The lowest BCUT2D eigenvalue weighted by Crippen LogP contribution is -2.10. The first kappa shape index (κ1) is 22.5. The van der Waals surface area contributed by atoms with Gasteiger partial charge in [0.1, 0.15) is 17.7 Å². The van der Waals surface area contributed by atoms with E-state index in [2.05, 4.69) is 73.9 Å². The molecular weight excluding hydrogens is 444 g/mol. The van der Waals surface area contributed by atoms with E-state index in [0.29, 0.717) is 28.8 Å². The highest BCUT2D eigenvalue weighted by Gasteiger charge is 2.21. The molecule has 10 nitrogen and oxygen atoms in total. The third-order valence-corrected chi connectivity index (χ3v) is 5.98. The number of imidazole rings is 1. The van der Waals surface area contributed by atoms with Gasteiger partial charge in [-0.05, 0) is 26.3 Å². The van der Waals surface area contributed by atoms with E-state index in [9.17, 15) is 0 Å². The first-order chi connectivity index (χ1) is 17.0. The number of ether oxygens (including phenoxy) is 2. The Morgan fingerprint density at radius 3 is 2.31 bits per heavy atom. The van der Waals surface area contributed by atoms with Gasteiger partial charge in [0.25, 0.3) is 0 Å². The van der Waals surface area contributed by atoms with Gasteiger partial charge in [0.15, 0.2) is 11.5 Å². The molecule has 5 rings (SSSR count). The van der Waals surface area contributed by atoms with Crippen LogP contribution in [0.15, 0.2) is 49.2 Å². The average Bonchev–Trinajstić information content (AvgIpc) is 3.50. The third-order valence-electron chi connectivity index (χ3n) is 5.98. The zero-order valence-corrected chi connectivity index (χ0v) is 20.3. The van der Waals surface area contributed by atoms with Crippen LogP contribution in [0.3, 0.4) is 0 Å². The van der Waals surface area contributed by atoms with Crippen molar-refractivity contribution >= 4 is 11.0 Å². The lowest BCUT2D eigenvalue weighted by molar-refractivity contribution is 0.374. The summed E-state index contributed by atoms with van der Waals surface area (Å²) in [5.41, 5.74) is 4.37. The number of hydrogen-bond donors (Lipinski definition) is 0. The van der Waals surface area contributed by atoms with Crippen molar-refractivity contribution in [3.8, 4) is 34.5 Å². The largest absolute Gasteiger partial charge is 0.480 e. The summed E-state index contributed by atoms with van der Waals surface area (Å²) >= 11 is 0. The van der Waals surface area contributed by atoms with E-state index in [4.69, 9.17) is 14.5 Å². The van der Waals surface area contributed by atoms with Crippen molar-refractivity contribution in [2.75, 3.05) is 14.2 Å². The number of fused-ring (bicyclic) bond motifs is 1. The minimum absolute atomic E-state index is 0.0622. The van der Waals surface area contributed by atoms with E-state index in [1.54, 1.807) is 12.4 Å². The SMILES string of the molecule is CCn1cc(C)nc1-c1ccc([C@@H](C)n2ncc3cnc(-c4c(OC)ncnc4OC)nc32)cc1. The number of aromatic nitrogens is 8. The van der Waals surface area contributed by atoms with Crippen molar-refractivity contribution in [2.45, 2.75) is 33.4 Å². The molecule has 0 aliphatic carbocycles. The van der Waals surface area contributed by atoms with Crippen LogP contribution in [0.2, 0.25) is 0 Å². The monoisotopic (exact) mass is 470 g/mol. The van der Waals surface area contributed by atoms with Gasteiger partial charge in [-0.1, -0.05) is 24.3 Å². The molecule has 5 aromatic rings. The highest BCUT2D eigenvalue weighted by molar-refractivity contribution is 5.78. The maximum absolute atomic E-state index is 5.41. The molecule has 10 heteroatoms. The van der Waals surface area contributed by atoms with E-state index in [1.807, 2.05) is 11.6 Å². The van der Waals surface area contributed by atoms with E-state index in [-0.39, 0.29) is 6.04 Å². The van der Waals surface area contributed by atoms with Crippen molar-refractivity contribution < 1.29 is 9.47 Å². The molecule has 0 spiro atoms. The smallest absolute Gasteiger partial charge is 0.231 e. The molecule has 0 unspecified atom stereocenters. The Balaban J connectivity index is 1.52. The van der Waals surface area contributed by atoms with Gasteiger partial charge in [-0.3, -0.25) is 0 Å². The Kier molecular flexibility index (Phi) is 5.86. The van der Waals surface area contributed by atoms with E-state index >= 15 is 0 Å². The maximum Gasteiger partial charge on any atom is 0.231 e. The van der Waals surface area contributed by atoms with Gasteiger partial charge in [0.05, 0.1) is 37.5 Å². The molecule has 0 bridgehead atoms. The molecule has 1 aromatic carbocycles. The lowest BCUT2D eigenvalue weighted by atomic mass is 10.1. The summed E-state index contributed by atoms with van der Waals surface area (Å²) in [6.07, 6.45) is 6.95. The van der Waals surface area contributed by atoms with Gasteiger partial charge in [0, 0.05) is 24.5 Å². The van der Waals surface area contributed by atoms with Gasteiger partial charge in [-0.15, -0.1) is 0 Å². The summed E-state index contributed by atoms with van der Waals surface area (Å²) in [5.74, 6) is 2.05. The average molecular weight is 471 g/mol. The van der Waals surface area contributed by atoms with Crippen LogP contribution in [0.5, 0.6) is 11.8 Å². The van der Waals surface area contributed by atoms with Crippen LogP contribution in [0.1, 0.15) is 31.1 Å². The van der Waals surface area contributed by atoms with Crippen LogP contribution in [-0.4, -0.2) is 53.5 Å². The second kappa shape index (κ2) is 9.13. The fraction of sp³-hybridized carbons (Fsp3) is 0.280. The number of rotatable bonds is 7. The topological polar surface area (TPSA) is 106 Å². The molecule has 0 fully saturated rings. The molecular formula is C25H26N8O2. The quantitative estimate of drug-likeness (QED) is 0.350. The Labute approximate surface area is 202 Å². The highest BCUT2D eigenvalue weighted by atomic mass is 16.5. The zero-order valence-electron chi connectivity index (χ0n) is 20.3. The number of nitrogens with zero attached hydrogens (tertiary/aromatic N) is 8. The molecule has 4 heterocycles. The molecule has 0 aliphatic heterocycles. The van der Waals surface area contributed by atoms with Gasteiger partial charge < -0.3 is 14.0 Å². The molecule has 178 valence electrons. The Morgan fingerprint density at radius 2 is 1.66 bits per heavy atom. The van der Waals surface area contributed by atoms with Crippen LogP contribution >= 0.6 is 0 Å². The third kappa shape index (κ3) is 3.96. The van der Waals surface area contributed by atoms with Gasteiger partial charge in [-0.25, -0.2) is 29.6 Å². The zero-order chi connectivity index (χ0) is 24.5. The van der Waals surface area contributed by atoms with Crippen LogP contribution in [0.25, 0.3) is 33.8 Å². The molecule has 0 saturated carbocycles. The van der Waals surface area contributed by atoms with Crippen molar-refractivity contribution in [2.24, 2.45) is 0 Å². The maximum atomic E-state index is 5.41.